The van der Waals surface area contributed by atoms with Gasteiger partial charge in [-0.2, -0.15) is 0 Å². The van der Waals surface area contributed by atoms with Crippen LogP contribution in [0, 0.1) is 17.0 Å². The van der Waals surface area contributed by atoms with E-state index in [0.29, 0.717) is 11.3 Å². The van der Waals surface area contributed by atoms with Gasteiger partial charge in [-0.3, -0.25) is 5.41 Å². The molecular formula is C13H12F2N4. The van der Waals surface area contributed by atoms with Gasteiger partial charge in [-0.05, 0) is 12.1 Å². The van der Waals surface area contributed by atoms with Crippen LogP contribution in [-0.4, -0.2) is 17.9 Å². The van der Waals surface area contributed by atoms with Crippen LogP contribution in [-0.2, 0) is 0 Å². The summed E-state index contributed by atoms with van der Waals surface area (Å²) in [5, 5.41) is 7.50. The Bertz CT molecular complexity index is 628. The summed E-state index contributed by atoms with van der Waals surface area (Å²) in [6.07, 6.45) is 0.936. The van der Waals surface area contributed by atoms with Gasteiger partial charge in [-0.25, -0.2) is 13.8 Å². The van der Waals surface area contributed by atoms with Crippen molar-refractivity contribution >= 4 is 17.3 Å². The van der Waals surface area contributed by atoms with Gasteiger partial charge >= 0.3 is 0 Å². The van der Waals surface area contributed by atoms with E-state index in [1.54, 1.807) is 31.3 Å². The van der Waals surface area contributed by atoms with Gasteiger partial charge in [-0.15, -0.1) is 0 Å². The zero-order valence-corrected chi connectivity index (χ0v) is 10.2. The van der Waals surface area contributed by atoms with Crippen LogP contribution < -0.4 is 10.6 Å². The van der Waals surface area contributed by atoms with Crippen molar-refractivity contribution in [1.29, 1.82) is 5.41 Å². The lowest BCUT2D eigenvalue weighted by Gasteiger charge is -2.21. The number of anilines is 2. The van der Waals surface area contributed by atoms with E-state index in [9.17, 15) is 8.78 Å². The van der Waals surface area contributed by atoms with Crippen molar-refractivity contribution in [1.82, 2.24) is 4.98 Å². The Hall–Kier alpha value is -2.50. The molecule has 6 heteroatoms. The third kappa shape index (κ3) is 2.52. The standard InChI is InChI=1S/C13H12F2N4/c1-19(13-10(15)6-8(14)7-18-13)11-5-3-2-4-9(11)12(16)17/h2-7H,1H3,(H3,16,17). The number of nitrogen functional groups attached to an aromatic ring is 1. The Morgan fingerprint density at radius 1 is 1.32 bits per heavy atom. The van der Waals surface area contributed by atoms with E-state index in [1.165, 1.54) is 4.90 Å². The molecule has 98 valence electrons. The average molecular weight is 262 g/mol. The zero-order chi connectivity index (χ0) is 14.0. The van der Waals surface area contributed by atoms with Crippen molar-refractivity contribution in [2.75, 3.05) is 11.9 Å². The van der Waals surface area contributed by atoms with Crippen LogP contribution in [0.5, 0.6) is 0 Å². The van der Waals surface area contributed by atoms with E-state index in [1.807, 2.05) is 0 Å². The van der Waals surface area contributed by atoms with Gasteiger partial charge in [-0.1, -0.05) is 12.1 Å². The van der Waals surface area contributed by atoms with Crippen LogP contribution in [0.4, 0.5) is 20.3 Å². The van der Waals surface area contributed by atoms with Crippen LogP contribution in [0.25, 0.3) is 0 Å². The van der Waals surface area contributed by atoms with Gasteiger partial charge in [0.05, 0.1) is 11.9 Å². The Balaban J connectivity index is 2.50. The second kappa shape index (κ2) is 5.01. The highest BCUT2D eigenvalue weighted by molar-refractivity contribution is 6.01. The van der Waals surface area contributed by atoms with Crippen molar-refractivity contribution in [2.24, 2.45) is 5.73 Å². The highest BCUT2D eigenvalue weighted by Crippen LogP contribution is 2.27. The maximum Gasteiger partial charge on any atom is 0.169 e. The van der Waals surface area contributed by atoms with Crippen LogP contribution in [0.1, 0.15) is 5.56 Å². The molecule has 4 nitrogen and oxygen atoms in total. The van der Waals surface area contributed by atoms with Gasteiger partial charge in [0.2, 0.25) is 0 Å². The Labute approximate surface area is 109 Å². The first-order valence-electron chi connectivity index (χ1n) is 5.49. The largest absolute Gasteiger partial charge is 0.384 e. The quantitative estimate of drug-likeness (QED) is 0.659. The molecule has 0 bridgehead atoms. The fourth-order valence-corrected chi connectivity index (χ4v) is 1.76. The number of para-hydroxylation sites is 1. The lowest BCUT2D eigenvalue weighted by molar-refractivity contribution is 0.573. The molecule has 0 aliphatic heterocycles. The molecule has 0 saturated heterocycles. The molecule has 0 saturated carbocycles. The van der Waals surface area contributed by atoms with Gasteiger partial charge in [0.1, 0.15) is 11.7 Å². The number of nitrogens with one attached hydrogen (secondary N) is 1. The van der Waals surface area contributed by atoms with E-state index in [0.717, 1.165) is 12.3 Å². The maximum absolute atomic E-state index is 13.7. The van der Waals surface area contributed by atoms with Gasteiger partial charge in [0.25, 0.3) is 0 Å². The SMILES string of the molecule is CN(c1ccccc1C(=N)N)c1ncc(F)cc1F. The molecule has 0 unspecified atom stereocenters. The Kier molecular flexibility index (Phi) is 3.41. The fraction of sp³-hybridized carbons (Fsp3) is 0.0769. The summed E-state index contributed by atoms with van der Waals surface area (Å²) in [6.45, 7) is 0. The number of benzene rings is 1. The second-order valence-corrected chi connectivity index (χ2v) is 3.95. The number of hydrogen-bond donors (Lipinski definition) is 2. The molecule has 1 heterocycles. The lowest BCUT2D eigenvalue weighted by Crippen LogP contribution is -2.20. The summed E-state index contributed by atoms with van der Waals surface area (Å²) in [5.41, 5.74) is 6.45. The summed E-state index contributed by atoms with van der Waals surface area (Å²) >= 11 is 0. The Morgan fingerprint density at radius 3 is 2.63 bits per heavy atom. The van der Waals surface area contributed by atoms with Gasteiger partial charge in [0.15, 0.2) is 11.6 Å². The molecule has 0 atom stereocenters. The molecule has 3 N–H and O–H groups in total. The van der Waals surface area contributed by atoms with Gasteiger partial charge in [0, 0.05) is 18.7 Å². The van der Waals surface area contributed by atoms with Crippen LogP contribution >= 0.6 is 0 Å². The van der Waals surface area contributed by atoms with Crippen molar-refractivity contribution in [3.05, 3.63) is 53.7 Å². The zero-order valence-electron chi connectivity index (χ0n) is 10.2. The summed E-state index contributed by atoms with van der Waals surface area (Å²) < 4.78 is 26.5. The minimum atomic E-state index is -0.777. The summed E-state index contributed by atoms with van der Waals surface area (Å²) in [4.78, 5) is 5.14. The molecule has 0 aliphatic rings. The first kappa shape index (κ1) is 12.9. The predicted molar refractivity (Wildman–Crippen MR) is 69.7 cm³/mol. The third-order valence-corrected chi connectivity index (χ3v) is 2.66. The van der Waals surface area contributed by atoms with Crippen LogP contribution in [0.15, 0.2) is 36.5 Å². The number of amidine groups is 1. The first-order chi connectivity index (χ1) is 9.00. The highest BCUT2D eigenvalue weighted by atomic mass is 19.1. The van der Waals surface area contributed by atoms with Crippen molar-refractivity contribution in [3.63, 3.8) is 0 Å². The Morgan fingerprint density at radius 2 is 2.00 bits per heavy atom. The third-order valence-electron chi connectivity index (χ3n) is 2.66. The predicted octanol–water partition coefficient (Wildman–Crippen LogP) is 2.41. The molecule has 0 aliphatic carbocycles. The van der Waals surface area contributed by atoms with Crippen LogP contribution in [0.3, 0.4) is 0 Å². The monoisotopic (exact) mass is 262 g/mol. The summed E-state index contributed by atoms with van der Waals surface area (Å²) in [7, 11) is 1.57. The summed E-state index contributed by atoms with van der Waals surface area (Å²) in [6, 6.07) is 7.55. The minimum Gasteiger partial charge on any atom is -0.384 e. The van der Waals surface area contributed by atoms with Gasteiger partial charge < -0.3 is 10.6 Å². The van der Waals surface area contributed by atoms with E-state index in [2.05, 4.69) is 4.98 Å². The molecule has 0 spiro atoms. The highest BCUT2D eigenvalue weighted by Gasteiger charge is 2.15. The molecular weight excluding hydrogens is 250 g/mol. The van der Waals surface area contributed by atoms with E-state index in [-0.39, 0.29) is 11.7 Å². The fourth-order valence-electron chi connectivity index (χ4n) is 1.76. The summed E-state index contributed by atoms with van der Waals surface area (Å²) in [5.74, 6) is -1.68. The smallest absolute Gasteiger partial charge is 0.169 e. The molecule has 0 radical (unpaired) electrons. The number of hydrogen-bond acceptors (Lipinski definition) is 3. The first-order valence-corrected chi connectivity index (χ1v) is 5.49. The van der Waals surface area contributed by atoms with E-state index >= 15 is 0 Å². The molecule has 2 rings (SSSR count). The van der Waals surface area contributed by atoms with Crippen molar-refractivity contribution in [3.8, 4) is 0 Å². The molecule has 1 aromatic heterocycles. The maximum atomic E-state index is 13.7. The topological polar surface area (TPSA) is 66.0 Å². The lowest BCUT2D eigenvalue weighted by atomic mass is 10.1. The number of pyridine rings is 1. The second-order valence-electron chi connectivity index (χ2n) is 3.95. The van der Waals surface area contributed by atoms with E-state index in [4.69, 9.17) is 11.1 Å². The number of nitrogens with zero attached hydrogens (tertiary/aromatic N) is 2. The minimum absolute atomic E-state index is 0.0323. The number of rotatable bonds is 3. The number of halogens is 2. The van der Waals surface area contributed by atoms with Crippen LogP contribution in [0.2, 0.25) is 0 Å². The molecule has 0 fully saturated rings. The molecule has 19 heavy (non-hydrogen) atoms. The number of aromatic nitrogens is 1. The average Bonchev–Trinajstić information content (AvgIpc) is 2.38. The van der Waals surface area contributed by atoms with E-state index < -0.39 is 11.6 Å². The molecule has 0 amide bonds. The number of nitrogens with two attached hydrogens (primary N) is 1. The van der Waals surface area contributed by atoms with Crippen molar-refractivity contribution in [2.45, 2.75) is 0 Å². The molecule has 1 aromatic carbocycles. The molecule has 2 aromatic rings. The normalized spacial score (nSPS) is 10.3. The van der Waals surface area contributed by atoms with Crippen molar-refractivity contribution < 1.29 is 8.78 Å².